The Morgan fingerprint density at radius 3 is 2.70 bits per heavy atom. The van der Waals surface area contributed by atoms with Gasteiger partial charge in [0.25, 0.3) is 0 Å². The smallest absolute Gasteiger partial charge is 0.321 e. The highest BCUT2D eigenvalue weighted by Gasteiger charge is 2.13. The SMILES string of the molecule is CCN(C(=O)NCCCCC(=O)O)c1cccc(F)c1. The van der Waals surface area contributed by atoms with E-state index in [1.165, 1.54) is 17.0 Å². The first-order valence-corrected chi connectivity index (χ1v) is 6.57. The number of amides is 2. The van der Waals surface area contributed by atoms with Crippen molar-refractivity contribution < 1.29 is 19.1 Å². The third kappa shape index (κ3) is 5.26. The minimum atomic E-state index is -0.841. The monoisotopic (exact) mass is 282 g/mol. The van der Waals surface area contributed by atoms with Crippen molar-refractivity contribution in [2.24, 2.45) is 0 Å². The van der Waals surface area contributed by atoms with Gasteiger partial charge in [-0.1, -0.05) is 6.07 Å². The van der Waals surface area contributed by atoms with E-state index in [0.29, 0.717) is 31.6 Å². The first kappa shape index (κ1) is 15.9. The minimum Gasteiger partial charge on any atom is -0.481 e. The second kappa shape index (κ2) is 8.14. The standard InChI is InChI=1S/C14H19FN2O3/c1-2-17(12-7-5-6-11(15)10-12)14(20)16-9-4-3-8-13(18)19/h5-7,10H,2-4,8-9H2,1H3,(H,16,20)(H,18,19). The van der Waals surface area contributed by atoms with Crippen molar-refractivity contribution in [3.63, 3.8) is 0 Å². The zero-order valence-corrected chi connectivity index (χ0v) is 11.4. The summed E-state index contributed by atoms with van der Waals surface area (Å²) in [6.07, 6.45) is 1.21. The zero-order valence-electron chi connectivity index (χ0n) is 11.4. The van der Waals surface area contributed by atoms with Gasteiger partial charge in [0.15, 0.2) is 0 Å². The number of hydrogen-bond donors (Lipinski definition) is 2. The second-order valence-corrected chi connectivity index (χ2v) is 4.31. The fourth-order valence-corrected chi connectivity index (χ4v) is 1.78. The van der Waals surface area contributed by atoms with Crippen molar-refractivity contribution in [2.75, 3.05) is 18.0 Å². The van der Waals surface area contributed by atoms with Gasteiger partial charge >= 0.3 is 12.0 Å². The molecule has 0 heterocycles. The Labute approximate surface area is 117 Å². The molecule has 110 valence electrons. The molecule has 0 unspecified atom stereocenters. The van der Waals surface area contributed by atoms with Gasteiger partial charge in [-0.3, -0.25) is 9.69 Å². The molecule has 0 saturated heterocycles. The highest BCUT2D eigenvalue weighted by atomic mass is 19.1. The van der Waals surface area contributed by atoms with Crippen LogP contribution in [0.4, 0.5) is 14.9 Å². The van der Waals surface area contributed by atoms with Gasteiger partial charge in [-0.25, -0.2) is 9.18 Å². The maximum atomic E-state index is 13.1. The molecule has 0 aliphatic heterocycles. The Hall–Kier alpha value is -2.11. The van der Waals surface area contributed by atoms with E-state index >= 15 is 0 Å². The normalized spacial score (nSPS) is 10.1. The summed E-state index contributed by atoms with van der Waals surface area (Å²) in [5.74, 6) is -1.23. The number of nitrogens with one attached hydrogen (secondary N) is 1. The molecule has 0 radical (unpaired) electrons. The van der Waals surface area contributed by atoms with Crippen LogP contribution in [-0.2, 0) is 4.79 Å². The lowest BCUT2D eigenvalue weighted by Gasteiger charge is -2.21. The maximum absolute atomic E-state index is 13.1. The van der Waals surface area contributed by atoms with Crippen LogP contribution in [0.5, 0.6) is 0 Å². The first-order chi connectivity index (χ1) is 9.54. The molecule has 1 rings (SSSR count). The molecule has 2 N–H and O–H groups in total. The third-order valence-electron chi connectivity index (χ3n) is 2.77. The number of rotatable bonds is 7. The van der Waals surface area contributed by atoms with Crippen LogP contribution in [-0.4, -0.2) is 30.2 Å². The van der Waals surface area contributed by atoms with Crippen LogP contribution < -0.4 is 10.2 Å². The average Bonchev–Trinajstić information content (AvgIpc) is 2.39. The summed E-state index contributed by atoms with van der Waals surface area (Å²) in [5, 5.41) is 11.2. The van der Waals surface area contributed by atoms with Crippen LogP contribution in [0, 0.1) is 5.82 Å². The van der Waals surface area contributed by atoms with E-state index in [4.69, 9.17) is 5.11 Å². The van der Waals surface area contributed by atoms with Gasteiger partial charge in [-0.05, 0) is 38.0 Å². The molecule has 5 nitrogen and oxygen atoms in total. The Morgan fingerprint density at radius 2 is 2.10 bits per heavy atom. The Balaban J connectivity index is 2.45. The van der Waals surface area contributed by atoms with Gasteiger partial charge in [0, 0.05) is 25.2 Å². The molecule has 0 aromatic heterocycles. The quantitative estimate of drug-likeness (QED) is 0.755. The van der Waals surface area contributed by atoms with E-state index in [9.17, 15) is 14.0 Å². The molecule has 1 aromatic rings. The van der Waals surface area contributed by atoms with Crippen molar-refractivity contribution in [3.05, 3.63) is 30.1 Å². The number of anilines is 1. The summed E-state index contributed by atoms with van der Waals surface area (Å²) in [6, 6.07) is 5.52. The fraction of sp³-hybridized carbons (Fsp3) is 0.429. The van der Waals surface area contributed by atoms with Crippen LogP contribution in [0.3, 0.4) is 0 Å². The summed E-state index contributed by atoms with van der Waals surface area (Å²) in [4.78, 5) is 23.7. The molecule has 0 bridgehead atoms. The highest BCUT2D eigenvalue weighted by molar-refractivity contribution is 5.91. The zero-order chi connectivity index (χ0) is 15.0. The molecule has 2 amide bonds. The molecule has 0 spiro atoms. The number of nitrogens with zero attached hydrogens (tertiary/aromatic N) is 1. The largest absolute Gasteiger partial charge is 0.481 e. The molecular formula is C14H19FN2O3. The molecule has 1 aromatic carbocycles. The Kier molecular flexibility index (Phi) is 6.49. The number of benzene rings is 1. The van der Waals surface area contributed by atoms with Gasteiger partial charge in [-0.15, -0.1) is 0 Å². The van der Waals surface area contributed by atoms with Crippen LogP contribution in [0.1, 0.15) is 26.2 Å². The predicted octanol–water partition coefficient (Wildman–Crippen LogP) is 2.62. The van der Waals surface area contributed by atoms with Crippen LogP contribution in [0.25, 0.3) is 0 Å². The van der Waals surface area contributed by atoms with E-state index < -0.39 is 11.8 Å². The molecule has 0 saturated carbocycles. The van der Waals surface area contributed by atoms with Gasteiger partial charge in [-0.2, -0.15) is 0 Å². The number of carboxylic acids is 1. The Morgan fingerprint density at radius 1 is 1.35 bits per heavy atom. The number of halogens is 1. The van der Waals surface area contributed by atoms with Gasteiger partial charge in [0.2, 0.25) is 0 Å². The summed E-state index contributed by atoms with van der Waals surface area (Å²) in [6.45, 7) is 2.62. The number of urea groups is 1. The molecular weight excluding hydrogens is 263 g/mol. The molecule has 6 heteroatoms. The van der Waals surface area contributed by atoms with E-state index in [2.05, 4.69) is 5.32 Å². The molecule has 0 fully saturated rings. The number of carbonyl (C=O) groups excluding carboxylic acids is 1. The van der Waals surface area contributed by atoms with Crippen molar-refractivity contribution in [2.45, 2.75) is 26.2 Å². The average molecular weight is 282 g/mol. The second-order valence-electron chi connectivity index (χ2n) is 4.31. The molecule has 0 aliphatic carbocycles. The number of hydrogen-bond acceptors (Lipinski definition) is 2. The summed E-state index contributed by atoms with van der Waals surface area (Å²) in [7, 11) is 0. The minimum absolute atomic E-state index is 0.0945. The van der Waals surface area contributed by atoms with E-state index in [0.717, 1.165) is 0 Å². The lowest BCUT2D eigenvalue weighted by molar-refractivity contribution is -0.137. The molecule has 0 atom stereocenters. The lowest BCUT2D eigenvalue weighted by atomic mass is 10.2. The van der Waals surface area contributed by atoms with E-state index in [1.807, 2.05) is 0 Å². The third-order valence-corrected chi connectivity index (χ3v) is 2.77. The highest BCUT2D eigenvalue weighted by Crippen LogP contribution is 2.15. The predicted molar refractivity (Wildman–Crippen MR) is 74.3 cm³/mol. The van der Waals surface area contributed by atoms with Gasteiger partial charge in [0.1, 0.15) is 5.82 Å². The van der Waals surface area contributed by atoms with Gasteiger partial charge < -0.3 is 10.4 Å². The summed E-state index contributed by atoms with van der Waals surface area (Å²) >= 11 is 0. The van der Waals surface area contributed by atoms with Crippen LogP contribution in [0.2, 0.25) is 0 Å². The van der Waals surface area contributed by atoms with Gasteiger partial charge in [0.05, 0.1) is 0 Å². The van der Waals surface area contributed by atoms with E-state index in [1.54, 1.807) is 19.1 Å². The lowest BCUT2D eigenvalue weighted by Crippen LogP contribution is -2.40. The topological polar surface area (TPSA) is 69.6 Å². The van der Waals surface area contributed by atoms with Crippen LogP contribution in [0.15, 0.2) is 24.3 Å². The fourth-order valence-electron chi connectivity index (χ4n) is 1.78. The van der Waals surface area contributed by atoms with Crippen molar-refractivity contribution >= 4 is 17.7 Å². The number of carbonyl (C=O) groups is 2. The molecule has 0 aliphatic rings. The Bertz CT molecular complexity index is 465. The van der Waals surface area contributed by atoms with Crippen LogP contribution >= 0.6 is 0 Å². The summed E-state index contributed by atoms with van der Waals surface area (Å²) in [5.41, 5.74) is 0.496. The number of aliphatic carboxylic acids is 1. The van der Waals surface area contributed by atoms with E-state index in [-0.39, 0.29) is 12.5 Å². The summed E-state index contributed by atoms with van der Waals surface area (Å²) < 4.78 is 13.1. The number of carboxylic acid groups (broad SMARTS) is 1. The molecule has 20 heavy (non-hydrogen) atoms. The van der Waals surface area contributed by atoms with Crippen molar-refractivity contribution in [1.29, 1.82) is 0 Å². The van der Waals surface area contributed by atoms with Crippen molar-refractivity contribution in [1.82, 2.24) is 5.32 Å². The first-order valence-electron chi connectivity index (χ1n) is 6.57. The van der Waals surface area contributed by atoms with Crippen molar-refractivity contribution in [3.8, 4) is 0 Å². The maximum Gasteiger partial charge on any atom is 0.321 e. The number of unbranched alkanes of at least 4 members (excludes halogenated alkanes) is 1.